The van der Waals surface area contributed by atoms with Crippen LogP contribution in [0.5, 0.6) is 0 Å². The number of rotatable bonds is 3. The van der Waals surface area contributed by atoms with Crippen molar-refractivity contribution in [3.05, 3.63) is 60.8 Å². The number of para-hydroxylation sites is 3. The summed E-state index contributed by atoms with van der Waals surface area (Å²) in [4.78, 5) is 4.37. The molecule has 3 heterocycles. The Hall–Kier alpha value is -3.23. The summed E-state index contributed by atoms with van der Waals surface area (Å²) in [5, 5.41) is 2.11. The first-order valence-electron chi connectivity index (χ1n) is 8.91. The largest absolute Gasteiger partial charge is 0.496 e. The molecule has 126 valence electrons. The zero-order valence-corrected chi connectivity index (χ0v) is 14.8. The van der Waals surface area contributed by atoms with Crippen LogP contribution in [0.15, 0.2) is 65.2 Å². The van der Waals surface area contributed by atoms with Gasteiger partial charge in [-0.25, -0.2) is 4.98 Å². The summed E-state index contributed by atoms with van der Waals surface area (Å²) in [7, 11) is 0. The van der Waals surface area contributed by atoms with Crippen molar-refractivity contribution in [3.63, 3.8) is 0 Å². The molecule has 4 nitrogen and oxygen atoms in total. The molecular formula is C22H19N3O+2. The summed E-state index contributed by atoms with van der Waals surface area (Å²) >= 11 is 0. The Morgan fingerprint density at radius 2 is 1.69 bits per heavy atom. The van der Waals surface area contributed by atoms with Crippen molar-refractivity contribution in [1.29, 1.82) is 0 Å². The monoisotopic (exact) mass is 341 g/mol. The minimum absolute atomic E-state index is 0.543. The first kappa shape index (κ1) is 15.1. The van der Waals surface area contributed by atoms with Crippen molar-refractivity contribution in [3.8, 4) is 0 Å². The van der Waals surface area contributed by atoms with Crippen LogP contribution < -0.4 is 4.58 Å². The first-order valence-corrected chi connectivity index (χ1v) is 8.91. The van der Waals surface area contributed by atoms with Crippen LogP contribution in [0, 0.1) is 5.92 Å². The number of nitrogens with zero attached hydrogens (tertiary/aromatic N) is 3. The molecule has 1 aliphatic heterocycles. The molecule has 2 aromatic carbocycles. The normalized spacial score (nSPS) is 13.3. The molecular weight excluding hydrogens is 322 g/mol. The van der Waals surface area contributed by atoms with Gasteiger partial charge in [0.05, 0.1) is 0 Å². The molecule has 0 atom stereocenters. The molecule has 0 fully saturated rings. The Morgan fingerprint density at radius 3 is 2.54 bits per heavy atom. The van der Waals surface area contributed by atoms with Crippen LogP contribution in [-0.2, 0) is 0 Å². The fourth-order valence-corrected chi connectivity index (χ4v) is 3.59. The van der Waals surface area contributed by atoms with Crippen LogP contribution in [0.25, 0.3) is 22.1 Å². The van der Waals surface area contributed by atoms with E-state index in [-0.39, 0.29) is 0 Å². The van der Waals surface area contributed by atoms with Gasteiger partial charge in [-0.15, -0.1) is 0 Å². The van der Waals surface area contributed by atoms with Crippen molar-refractivity contribution in [2.45, 2.75) is 13.8 Å². The van der Waals surface area contributed by atoms with E-state index in [1.165, 1.54) is 5.69 Å². The van der Waals surface area contributed by atoms with E-state index in [0.717, 1.165) is 34.3 Å². The van der Waals surface area contributed by atoms with Crippen molar-refractivity contribution in [2.24, 2.45) is 5.92 Å². The van der Waals surface area contributed by atoms with E-state index in [1.807, 2.05) is 12.1 Å². The number of hydrogen-bond donors (Lipinski definition) is 0. The van der Waals surface area contributed by atoms with Crippen molar-refractivity contribution in [2.75, 3.05) is 6.54 Å². The van der Waals surface area contributed by atoms with Crippen LogP contribution >= 0.6 is 0 Å². The Balaban J connectivity index is 1.81. The highest BCUT2D eigenvalue weighted by Crippen LogP contribution is 2.38. The third-order valence-electron chi connectivity index (χ3n) is 4.68. The summed E-state index contributed by atoms with van der Waals surface area (Å²) < 4.78 is 10.4. The SMILES string of the molecule is CC(C)C[N+]1=C=[N+](c2cccc3c2oc2ncccc23)c2ccccc21. The first-order chi connectivity index (χ1) is 12.7. The molecule has 4 heteroatoms. The Morgan fingerprint density at radius 1 is 0.923 bits per heavy atom. The summed E-state index contributed by atoms with van der Waals surface area (Å²) in [6.07, 6.45) is 1.76. The van der Waals surface area contributed by atoms with Gasteiger partial charge in [-0.3, -0.25) is 0 Å². The molecule has 0 amide bonds. The van der Waals surface area contributed by atoms with Crippen molar-refractivity contribution >= 4 is 45.1 Å². The highest BCUT2D eigenvalue weighted by Gasteiger charge is 2.36. The average Bonchev–Trinajstić information content (AvgIpc) is 3.20. The summed E-state index contributed by atoms with van der Waals surface area (Å²) in [6, 6.07) is 22.1. The molecule has 2 aromatic heterocycles. The van der Waals surface area contributed by atoms with E-state index in [0.29, 0.717) is 11.6 Å². The van der Waals surface area contributed by atoms with Crippen molar-refractivity contribution in [1.82, 2.24) is 9.56 Å². The van der Waals surface area contributed by atoms with E-state index in [4.69, 9.17) is 4.42 Å². The Labute approximate surface area is 151 Å². The highest BCUT2D eigenvalue weighted by atomic mass is 16.3. The molecule has 0 spiro atoms. The summed E-state index contributed by atoms with van der Waals surface area (Å²) in [5.41, 5.74) is 4.79. The fourth-order valence-electron chi connectivity index (χ4n) is 3.59. The lowest BCUT2D eigenvalue weighted by atomic mass is 10.1. The van der Waals surface area contributed by atoms with Gasteiger partial charge in [0.1, 0.15) is 0 Å². The zero-order valence-electron chi connectivity index (χ0n) is 14.8. The predicted molar refractivity (Wildman–Crippen MR) is 104 cm³/mol. The van der Waals surface area contributed by atoms with Crippen LogP contribution in [-0.4, -0.2) is 22.1 Å². The zero-order chi connectivity index (χ0) is 17.7. The van der Waals surface area contributed by atoms with Gasteiger partial charge in [0.25, 0.3) is 17.1 Å². The molecule has 0 aliphatic carbocycles. The fraction of sp³-hybridized carbons (Fsp3) is 0.182. The summed E-state index contributed by atoms with van der Waals surface area (Å²) in [6.45, 7) is 5.36. The maximum atomic E-state index is 6.12. The van der Waals surface area contributed by atoms with E-state index in [2.05, 4.69) is 76.5 Å². The van der Waals surface area contributed by atoms with Gasteiger partial charge in [-0.05, 0) is 22.8 Å². The highest BCUT2D eigenvalue weighted by molar-refractivity contribution is 6.07. The molecule has 1 aliphatic rings. The number of furan rings is 1. The molecule has 0 bridgehead atoms. The quantitative estimate of drug-likeness (QED) is 0.473. The van der Waals surface area contributed by atoms with Crippen LogP contribution in [0.3, 0.4) is 0 Å². The van der Waals surface area contributed by atoms with Gasteiger partial charge in [-0.2, -0.15) is 0 Å². The third kappa shape index (κ3) is 2.20. The van der Waals surface area contributed by atoms with Gasteiger partial charge in [0, 0.05) is 41.1 Å². The number of benzene rings is 2. The topological polar surface area (TPSA) is 32.0 Å². The second kappa shape index (κ2) is 5.65. The molecule has 0 N–H and O–H groups in total. The number of fused-ring (bicyclic) bond motifs is 4. The number of pyridine rings is 1. The van der Waals surface area contributed by atoms with Gasteiger partial charge in [0.15, 0.2) is 6.54 Å². The number of hydrogen-bond acceptors (Lipinski definition) is 2. The van der Waals surface area contributed by atoms with Crippen LogP contribution in [0.4, 0.5) is 17.1 Å². The van der Waals surface area contributed by atoms with Gasteiger partial charge >= 0.3 is 6.01 Å². The minimum Gasteiger partial charge on any atom is -0.431 e. The molecule has 4 aromatic rings. The molecule has 0 saturated carbocycles. The third-order valence-corrected chi connectivity index (χ3v) is 4.68. The molecule has 5 rings (SSSR count). The van der Waals surface area contributed by atoms with Crippen LogP contribution in [0.2, 0.25) is 0 Å². The average molecular weight is 341 g/mol. The summed E-state index contributed by atoms with van der Waals surface area (Å²) in [5.74, 6) is 0.543. The molecule has 26 heavy (non-hydrogen) atoms. The van der Waals surface area contributed by atoms with E-state index < -0.39 is 0 Å². The lowest BCUT2D eigenvalue weighted by Gasteiger charge is -1.98. The smallest absolute Gasteiger partial charge is 0.431 e. The lowest BCUT2D eigenvalue weighted by Crippen LogP contribution is -2.10. The van der Waals surface area contributed by atoms with E-state index in [1.54, 1.807) is 6.20 Å². The number of aromatic nitrogens is 1. The predicted octanol–water partition coefficient (Wildman–Crippen LogP) is 5.30. The molecule has 0 radical (unpaired) electrons. The van der Waals surface area contributed by atoms with Crippen LogP contribution in [0.1, 0.15) is 13.8 Å². The van der Waals surface area contributed by atoms with E-state index >= 15 is 0 Å². The maximum absolute atomic E-state index is 6.12. The Kier molecular flexibility index (Phi) is 3.27. The second-order valence-corrected chi connectivity index (χ2v) is 7.04. The van der Waals surface area contributed by atoms with Gasteiger partial charge in [-0.1, -0.05) is 36.6 Å². The van der Waals surface area contributed by atoms with Gasteiger partial charge in [0.2, 0.25) is 11.3 Å². The van der Waals surface area contributed by atoms with E-state index in [9.17, 15) is 0 Å². The lowest BCUT2D eigenvalue weighted by molar-refractivity contribution is -0.438. The Bertz CT molecular complexity index is 1230. The van der Waals surface area contributed by atoms with Gasteiger partial charge < -0.3 is 4.42 Å². The second-order valence-electron chi connectivity index (χ2n) is 7.04. The maximum Gasteiger partial charge on any atom is 0.496 e. The standard InChI is InChI=1S/C22H19N3O/c1-15(2)13-24-14-25(19-10-4-3-9-18(19)24)20-11-5-7-16-17-8-6-12-23-22(17)26-21(16)20/h3-12,15H,13H2,1-2H3/q+2. The molecule has 0 unspecified atom stereocenters. The van der Waals surface area contributed by atoms with Crippen molar-refractivity contribution < 1.29 is 8.99 Å². The molecule has 0 saturated heterocycles. The minimum atomic E-state index is 0.543.